The minimum absolute atomic E-state index is 0.322. The Labute approximate surface area is 263 Å². The summed E-state index contributed by atoms with van der Waals surface area (Å²) in [6.45, 7) is 6.89. The Kier molecular flexibility index (Phi) is 5.46. The molecule has 0 radical (unpaired) electrons. The predicted molar refractivity (Wildman–Crippen MR) is 188 cm³/mol. The Morgan fingerprint density at radius 2 is 1.29 bits per heavy atom. The zero-order chi connectivity index (χ0) is 30.3. The fourth-order valence-corrected chi connectivity index (χ4v) is 7.60. The van der Waals surface area contributed by atoms with E-state index in [2.05, 4.69) is 170 Å². The zero-order valence-electron chi connectivity index (χ0n) is 25.6. The maximum absolute atomic E-state index is 6.73. The molecule has 3 nitrogen and oxygen atoms in total. The van der Waals surface area contributed by atoms with Crippen molar-refractivity contribution in [3.05, 3.63) is 156 Å². The van der Waals surface area contributed by atoms with Crippen molar-refractivity contribution in [2.75, 3.05) is 9.80 Å². The molecule has 0 bridgehead atoms. The SMILES string of the molecule is Cc1cccc2c1N1c3ccccc3C(C)(C)c3c(N(c4ccc5ccccc5c4)c4cccc5ccccc45)ccc(c31)O2. The topological polar surface area (TPSA) is 15.7 Å². The normalized spacial score (nSPS) is 14.0. The molecule has 0 atom stereocenters. The molecule has 0 fully saturated rings. The van der Waals surface area contributed by atoms with Gasteiger partial charge in [0.15, 0.2) is 11.5 Å². The molecule has 2 aliphatic rings. The minimum atomic E-state index is -0.322. The van der Waals surface area contributed by atoms with E-state index in [4.69, 9.17) is 4.74 Å². The van der Waals surface area contributed by atoms with Crippen LogP contribution in [-0.2, 0) is 5.41 Å². The number of benzene rings is 7. The summed E-state index contributed by atoms with van der Waals surface area (Å²) in [5.74, 6) is 1.77. The third-order valence-corrected chi connectivity index (χ3v) is 9.67. The summed E-state index contributed by atoms with van der Waals surface area (Å²) in [4.78, 5) is 4.91. The molecule has 0 aliphatic carbocycles. The van der Waals surface area contributed by atoms with Crippen molar-refractivity contribution in [1.29, 1.82) is 0 Å². The van der Waals surface area contributed by atoms with Gasteiger partial charge in [-0.2, -0.15) is 0 Å². The second-order valence-electron chi connectivity index (χ2n) is 12.7. The lowest BCUT2D eigenvalue weighted by atomic mass is 9.72. The Bertz CT molecular complexity index is 2310. The van der Waals surface area contributed by atoms with Crippen molar-refractivity contribution in [2.24, 2.45) is 0 Å². The highest BCUT2D eigenvalue weighted by molar-refractivity contribution is 6.03. The van der Waals surface area contributed by atoms with Gasteiger partial charge in [0.05, 0.1) is 28.4 Å². The minimum Gasteiger partial charge on any atom is -0.453 e. The Balaban J connectivity index is 1.40. The molecule has 216 valence electrons. The van der Waals surface area contributed by atoms with Crippen LogP contribution in [0.5, 0.6) is 11.5 Å². The molecule has 0 saturated heterocycles. The van der Waals surface area contributed by atoms with Crippen LogP contribution in [0.3, 0.4) is 0 Å². The Morgan fingerprint density at radius 3 is 2.18 bits per heavy atom. The molecule has 0 spiro atoms. The van der Waals surface area contributed by atoms with Crippen LogP contribution in [-0.4, -0.2) is 0 Å². The number of ether oxygens (including phenoxy) is 1. The molecule has 0 aromatic heterocycles. The number of hydrogen-bond donors (Lipinski definition) is 0. The van der Waals surface area contributed by atoms with Gasteiger partial charge in [0.1, 0.15) is 0 Å². The molecule has 2 heterocycles. The number of anilines is 6. The van der Waals surface area contributed by atoms with Crippen molar-refractivity contribution in [2.45, 2.75) is 26.2 Å². The van der Waals surface area contributed by atoms with Crippen LogP contribution in [0.25, 0.3) is 21.5 Å². The Hall–Kier alpha value is -5.54. The van der Waals surface area contributed by atoms with Gasteiger partial charge in [-0.3, -0.25) is 0 Å². The van der Waals surface area contributed by atoms with E-state index in [1.54, 1.807) is 0 Å². The van der Waals surface area contributed by atoms with E-state index in [1.807, 2.05) is 0 Å². The van der Waals surface area contributed by atoms with E-state index in [-0.39, 0.29) is 5.41 Å². The third-order valence-electron chi connectivity index (χ3n) is 9.67. The first-order chi connectivity index (χ1) is 22.0. The van der Waals surface area contributed by atoms with E-state index in [0.717, 1.165) is 39.9 Å². The van der Waals surface area contributed by atoms with Crippen LogP contribution in [0.1, 0.15) is 30.5 Å². The molecule has 45 heavy (non-hydrogen) atoms. The molecule has 0 N–H and O–H groups in total. The lowest BCUT2D eigenvalue weighted by Gasteiger charge is -2.47. The van der Waals surface area contributed by atoms with E-state index in [0.29, 0.717) is 0 Å². The highest BCUT2D eigenvalue weighted by Crippen LogP contribution is 2.63. The monoisotopic (exact) mass is 580 g/mol. The molecule has 9 rings (SSSR count). The van der Waals surface area contributed by atoms with Crippen LogP contribution in [0, 0.1) is 6.92 Å². The maximum Gasteiger partial charge on any atom is 0.152 e. The largest absolute Gasteiger partial charge is 0.453 e. The highest BCUT2D eigenvalue weighted by atomic mass is 16.5. The molecule has 0 saturated carbocycles. The molecule has 3 heteroatoms. The van der Waals surface area contributed by atoms with E-state index >= 15 is 0 Å². The molecule has 2 aliphatic heterocycles. The average molecular weight is 581 g/mol. The van der Waals surface area contributed by atoms with Crippen molar-refractivity contribution in [3.63, 3.8) is 0 Å². The van der Waals surface area contributed by atoms with Crippen molar-refractivity contribution in [1.82, 2.24) is 0 Å². The zero-order valence-corrected chi connectivity index (χ0v) is 25.6. The first-order valence-electron chi connectivity index (χ1n) is 15.6. The molecule has 7 aromatic rings. The van der Waals surface area contributed by atoms with Gasteiger partial charge >= 0.3 is 0 Å². The number of rotatable bonds is 3. The number of aryl methyl sites for hydroxylation is 1. The predicted octanol–water partition coefficient (Wildman–Crippen LogP) is 12.0. The van der Waals surface area contributed by atoms with Crippen LogP contribution >= 0.6 is 0 Å². The summed E-state index contributed by atoms with van der Waals surface area (Å²) in [6.07, 6.45) is 0. The Morgan fingerprint density at radius 1 is 0.578 bits per heavy atom. The van der Waals surface area contributed by atoms with Gasteiger partial charge in [-0.1, -0.05) is 111 Å². The molecule has 0 unspecified atom stereocenters. The third kappa shape index (κ3) is 3.71. The van der Waals surface area contributed by atoms with Gasteiger partial charge < -0.3 is 14.5 Å². The molecular formula is C42H32N2O. The van der Waals surface area contributed by atoms with Crippen molar-refractivity contribution >= 4 is 55.7 Å². The molecular weight excluding hydrogens is 548 g/mol. The lowest BCUT2D eigenvalue weighted by Crippen LogP contribution is -2.34. The summed E-state index contributed by atoms with van der Waals surface area (Å²) in [5.41, 5.74) is 10.2. The van der Waals surface area contributed by atoms with Gasteiger partial charge in [-0.25, -0.2) is 0 Å². The fraction of sp³-hybridized carbons (Fsp3) is 0.0952. The summed E-state index contributed by atoms with van der Waals surface area (Å²) >= 11 is 0. The maximum atomic E-state index is 6.73. The van der Waals surface area contributed by atoms with Crippen LogP contribution < -0.4 is 14.5 Å². The highest BCUT2D eigenvalue weighted by Gasteiger charge is 2.44. The van der Waals surface area contributed by atoms with Crippen LogP contribution in [0.15, 0.2) is 140 Å². The van der Waals surface area contributed by atoms with Crippen LogP contribution in [0.4, 0.5) is 34.1 Å². The quantitative estimate of drug-likeness (QED) is 0.207. The van der Waals surface area contributed by atoms with Gasteiger partial charge in [0, 0.05) is 22.1 Å². The lowest BCUT2D eigenvalue weighted by molar-refractivity contribution is 0.471. The molecule has 7 aromatic carbocycles. The fourth-order valence-electron chi connectivity index (χ4n) is 7.60. The first kappa shape index (κ1) is 25.9. The number of para-hydroxylation sites is 2. The van der Waals surface area contributed by atoms with Gasteiger partial charge in [-0.05, 0) is 76.7 Å². The summed E-state index contributed by atoms with van der Waals surface area (Å²) in [5, 5.41) is 4.87. The van der Waals surface area contributed by atoms with Gasteiger partial charge in [0.25, 0.3) is 0 Å². The summed E-state index contributed by atoms with van der Waals surface area (Å²) in [7, 11) is 0. The summed E-state index contributed by atoms with van der Waals surface area (Å²) < 4.78 is 6.73. The van der Waals surface area contributed by atoms with Crippen molar-refractivity contribution < 1.29 is 4.74 Å². The number of hydrogen-bond acceptors (Lipinski definition) is 3. The van der Waals surface area contributed by atoms with Gasteiger partial charge in [0.2, 0.25) is 0 Å². The second kappa shape index (κ2) is 9.48. The number of fused-ring (bicyclic) bond motifs is 6. The van der Waals surface area contributed by atoms with Crippen molar-refractivity contribution in [3.8, 4) is 11.5 Å². The van der Waals surface area contributed by atoms with Crippen LogP contribution in [0.2, 0.25) is 0 Å². The average Bonchev–Trinajstić information content (AvgIpc) is 3.07. The first-order valence-corrected chi connectivity index (χ1v) is 15.6. The van der Waals surface area contributed by atoms with E-state index in [9.17, 15) is 0 Å². The van der Waals surface area contributed by atoms with E-state index < -0.39 is 0 Å². The molecule has 0 amide bonds. The summed E-state index contributed by atoms with van der Waals surface area (Å²) in [6, 6.07) is 50.3. The smallest absolute Gasteiger partial charge is 0.152 e. The number of nitrogens with zero attached hydrogens (tertiary/aromatic N) is 2. The second-order valence-corrected chi connectivity index (χ2v) is 12.7. The standard InChI is InChI=1S/C42H32N2O/c1-27-12-10-21-37-40(27)44-35-19-9-8-18-33(35)42(2,3)39-36(24-25-38(45-37)41(39)44)43(31-23-22-28-13-4-5-15-30(28)26-31)34-20-11-16-29-14-6-7-17-32(29)34/h4-26H,1-3H3. The van der Waals surface area contributed by atoms with E-state index in [1.165, 1.54) is 43.9 Å². The van der Waals surface area contributed by atoms with Gasteiger partial charge in [-0.15, -0.1) is 0 Å².